The van der Waals surface area contributed by atoms with Gasteiger partial charge in [0.25, 0.3) is 5.91 Å². The van der Waals surface area contributed by atoms with Crippen molar-refractivity contribution in [2.24, 2.45) is 0 Å². The lowest BCUT2D eigenvalue weighted by molar-refractivity contribution is 0.0985. The molecule has 0 aliphatic carbocycles. The highest BCUT2D eigenvalue weighted by atomic mass is 79.9. The molecule has 3 heterocycles. The van der Waals surface area contributed by atoms with Crippen molar-refractivity contribution >= 4 is 48.5 Å². The maximum atomic E-state index is 13.4. The molecule has 1 aliphatic heterocycles. The molecule has 0 fully saturated rings. The molecule has 0 unspecified atom stereocenters. The van der Waals surface area contributed by atoms with Gasteiger partial charge in [0, 0.05) is 34.6 Å². The number of aromatic nitrogens is 2. The molecule has 0 N–H and O–H groups in total. The summed E-state index contributed by atoms with van der Waals surface area (Å²) in [6, 6.07) is 15.0. The van der Waals surface area contributed by atoms with E-state index in [1.165, 1.54) is 11.3 Å². The van der Waals surface area contributed by atoms with Gasteiger partial charge in [-0.1, -0.05) is 39.4 Å². The van der Waals surface area contributed by atoms with E-state index in [1.807, 2.05) is 42.5 Å². The van der Waals surface area contributed by atoms with Gasteiger partial charge < -0.3 is 9.47 Å². The summed E-state index contributed by atoms with van der Waals surface area (Å²) >= 11 is 4.90. The summed E-state index contributed by atoms with van der Waals surface area (Å²) in [6.45, 7) is 1.41. The van der Waals surface area contributed by atoms with Crippen molar-refractivity contribution in [3.8, 4) is 11.5 Å². The third-order valence-corrected chi connectivity index (χ3v) is 6.19. The van der Waals surface area contributed by atoms with E-state index >= 15 is 0 Å². The number of fused-ring (bicyclic) bond motifs is 2. The monoisotopic (exact) mass is 481 g/mol. The molecule has 4 aromatic rings. The van der Waals surface area contributed by atoms with Crippen LogP contribution in [0.25, 0.3) is 10.2 Å². The molecule has 0 bridgehead atoms. The minimum absolute atomic E-state index is 0.128. The van der Waals surface area contributed by atoms with Gasteiger partial charge in [0.1, 0.15) is 13.2 Å². The number of amides is 1. The average Bonchev–Trinajstić information content (AvgIpc) is 3.18. The first kappa shape index (κ1) is 19.0. The first-order chi connectivity index (χ1) is 14.7. The molecular formula is C22H16BrN3O3S. The number of anilines is 1. The second-order valence-corrected chi connectivity index (χ2v) is 8.65. The summed E-state index contributed by atoms with van der Waals surface area (Å²) in [5.41, 5.74) is 2.28. The summed E-state index contributed by atoms with van der Waals surface area (Å²) in [5, 5.41) is 0.612. The maximum Gasteiger partial charge on any atom is 0.260 e. The van der Waals surface area contributed by atoms with E-state index in [0.717, 1.165) is 20.3 Å². The first-order valence-electron chi connectivity index (χ1n) is 9.34. The SMILES string of the molecule is O=C(c1cccc(Br)c1)N(Cc1cccnc1)c1nc2cc3c(cc2s1)OCCO3. The number of benzene rings is 2. The summed E-state index contributed by atoms with van der Waals surface area (Å²) < 4.78 is 13.1. The van der Waals surface area contributed by atoms with Crippen molar-refractivity contribution < 1.29 is 14.3 Å². The number of carbonyl (C=O) groups excluding carboxylic acids is 1. The van der Waals surface area contributed by atoms with Gasteiger partial charge >= 0.3 is 0 Å². The molecule has 0 spiro atoms. The summed E-state index contributed by atoms with van der Waals surface area (Å²) in [5.74, 6) is 1.26. The van der Waals surface area contributed by atoms with Crippen LogP contribution in [0.2, 0.25) is 0 Å². The van der Waals surface area contributed by atoms with Gasteiger partial charge in [-0.25, -0.2) is 4.98 Å². The van der Waals surface area contributed by atoms with E-state index in [0.29, 0.717) is 42.0 Å². The van der Waals surface area contributed by atoms with Gasteiger partial charge in [0.2, 0.25) is 0 Å². The molecule has 0 saturated carbocycles. The second-order valence-electron chi connectivity index (χ2n) is 6.72. The van der Waals surface area contributed by atoms with Crippen molar-refractivity contribution in [1.82, 2.24) is 9.97 Å². The van der Waals surface area contributed by atoms with Crippen LogP contribution in [0.3, 0.4) is 0 Å². The standard InChI is InChI=1S/C22H16BrN3O3S/c23-16-5-1-4-15(9-16)21(27)26(13-14-3-2-6-24-12-14)22-25-17-10-18-19(11-20(17)30-22)29-8-7-28-18/h1-6,9-12H,7-8,13H2. The molecule has 1 aliphatic rings. The van der Waals surface area contributed by atoms with E-state index in [4.69, 9.17) is 14.5 Å². The lowest BCUT2D eigenvalue weighted by Gasteiger charge is -2.20. The topological polar surface area (TPSA) is 64.6 Å². The molecule has 6 nitrogen and oxygen atoms in total. The van der Waals surface area contributed by atoms with Crippen molar-refractivity contribution in [1.29, 1.82) is 0 Å². The fraction of sp³-hybridized carbons (Fsp3) is 0.136. The molecule has 150 valence electrons. The number of carbonyl (C=O) groups is 1. The fourth-order valence-corrected chi connectivity index (χ4v) is 4.62. The molecule has 8 heteroatoms. The predicted octanol–water partition coefficient (Wildman–Crippen LogP) is 5.07. The number of ether oxygens (including phenoxy) is 2. The highest BCUT2D eigenvalue weighted by molar-refractivity contribution is 9.10. The zero-order valence-corrected chi connectivity index (χ0v) is 18.1. The van der Waals surface area contributed by atoms with Crippen LogP contribution in [-0.4, -0.2) is 29.1 Å². The highest BCUT2D eigenvalue weighted by Gasteiger charge is 2.23. The number of pyridine rings is 1. The first-order valence-corrected chi connectivity index (χ1v) is 10.9. The van der Waals surface area contributed by atoms with Crippen LogP contribution in [0.5, 0.6) is 11.5 Å². The Hall–Kier alpha value is -2.97. The highest BCUT2D eigenvalue weighted by Crippen LogP contribution is 2.39. The Morgan fingerprint density at radius 2 is 1.93 bits per heavy atom. The second kappa shape index (κ2) is 8.04. The molecule has 2 aromatic heterocycles. The van der Waals surface area contributed by atoms with Gasteiger partial charge in [0.15, 0.2) is 16.6 Å². The minimum Gasteiger partial charge on any atom is -0.486 e. The molecular weight excluding hydrogens is 466 g/mol. The van der Waals surface area contributed by atoms with Gasteiger partial charge in [-0.2, -0.15) is 0 Å². The molecule has 30 heavy (non-hydrogen) atoms. The largest absolute Gasteiger partial charge is 0.486 e. The van der Waals surface area contributed by atoms with E-state index in [-0.39, 0.29) is 5.91 Å². The zero-order valence-electron chi connectivity index (χ0n) is 15.7. The van der Waals surface area contributed by atoms with Crippen LogP contribution in [0.4, 0.5) is 5.13 Å². The lowest BCUT2D eigenvalue weighted by atomic mass is 10.2. The van der Waals surface area contributed by atoms with E-state index in [9.17, 15) is 4.79 Å². The Balaban J connectivity index is 1.57. The zero-order chi connectivity index (χ0) is 20.5. The Morgan fingerprint density at radius 3 is 2.70 bits per heavy atom. The van der Waals surface area contributed by atoms with Crippen molar-refractivity contribution in [2.75, 3.05) is 18.1 Å². The van der Waals surface area contributed by atoms with Gasteiger partial charge in [0.05, 0.1) is 16.8 Å². The molecule has 0 atom stereocenters. The minimum atomic E-state index is -0.128. The predicted molar refractivity (Wildman–Crippen MR) is 120 cm³/mol. The molecule has 0 radical (unpaired) electrons. The van der Waals surface area contributed by atoms with Crippen LogP contribution >= 0.6 is 27.3 Å². The summed E-state index contributed by atoms with van der Waals surface area (Å²) in [6.07, 6.45) is 3.47. The number of hydrogen-bond acceptors (Lipinski definition) is 6. The molecule has 5 rings (SSSR count). The van der Waals surface area contributed by atoms with Crippen molar-refractivity contribution in [3.63, 3.8) is 0 Å². The molecule has 0 saturated heterocycles. The fourth-order valence-electron chi connectivity index (χ4n) is 3.25. The number of nitrogens with zero attached hydrogens (tertiary/aromatic N) is 3. The number of hydrogen-bond donors (Lipinski definition) is 0. The van der Waals surface area contributed by atoms with Gasteiger partial charge in [-0.15, -0.1) is 0 Å². The van der Waals surface area contributed by atoms with E-state index in [1.54, 1.807) is 23.4 Å². The van der Waals surface area contributed by atoms with Gasteiger partial charge in [-0.3, -0.25) is 14.7 Å². The lowest BCUT2D eigenvalue weighted by Crippen LogP contribution is -2.30. The third kappa shape index (κ3) is 3.76. The van der Waals surface area contributed by atoms with Crippen molar-refractivity contribution in [2.45, 2.75) is 6.54 Å². The Labute approximate surface area is 185 Å². The smallest absolute Gasteiger partial charge is 0.260 e. The van der Waals surface area contributed by atoms with Crippen molar-refractivity contribution in [3.05, 3.63) is 76.5 Å². The average molecular weight is 482 g/mol. The van der Waals surface area contributed by atoms with E-state index in [2.05, 4.69) is 20.9 Å². The van der Waals surface area contributed by atoms with Crippen LogP contribution in [0, 0.1) is 0 Å². The van der Waals surface area contributed by atoms with Gasteiger partial charge in [-0.05, 0) is 29.8 Å². The normalized spacial score (nSPS) is 12.7. The third-order valence-electron chi connectivity index (χ3n) is 4.65. The Morgan fingerprint density at radius 1 is 1.10 bits per heavy atom. The van der Waals surface area contributed by atoms with Crippen LogP contribution in [-0.2, 0) is 6.54 Å². The number of rotatable bonds is 4. The maximum absolute atomic E-state index is 13.4. The van der Waals surface area contributed by atoms with Crippen LogP contribution in [0.15, 0.2) is 65.4 Å². The Bertz CT molecular complexity index is 1190. The quantitative estimate of drug-likeness (QED) is 0.407. The number of thiazole rings is 1. The van der Waals surface area contributed by atoms with Crippen LogP contribution < -0.4 is 14.4 Å². The summed E-state index contributed by atoms with van der Waals surface area (Å²) in [4.78, 5) is 24.0. The van der Waals surface area contributed by atoms with Crippen LogP contribution in [0.1, 0.15) is 15.9 Å². The Kier molecular flexibility index (Phi) is 5.10. The number of halogens is 1. The molecule has 1 amide bonds. The summed E-state index contributed by atoms with van der Waals surface area (Å²) in [7, 11) is 0. The van der Waals surface area contributed by atoms with E-state index < -0.39 is 0 Å². The molecule has 2 aromatic carbocycles.